The molecule has 1 heterocycles. The molecule has 1 saturated heterocycles. The zero-order chi connectivity index (χ0) is 20.8. The number of halogens is 3. The minimum absolute atomic E-state index is 0.163. The number of sulfonamides is 1. The lowest BCUT2D eigenvalue weighted by Gasteiger charge is -2.32. The number of rotatable bonds is 6. The van der Waals surface area contributed by atoms with Gasteiger partial charge >= 0.3 is 15.5 Å². The summed E-state index contributed by atoms with van der Waals surface area (Å²) in [5, 5.41) is 6.17. The number of aliphatic imine (C=N–C) groups is 1. The monoisotopic (exact) mass is 422 g/mol. The Bertz CT molecular complexity index is 759. The topological polar surface area (TPSA) is 83.0 Å². The van der Waals surface area contributed by atoms with Crippen LogP contribution in [0, 0.1) is 6.92 Å². The molecular weight excluding hydrogens is 397 g/mol. The molecule has 1 aromatic rings. The van der Waals surface area contributed by atoms with Gasteiger partial charge in [0.15, 0.2) is 5.96 Å². The molecule has 1 aliphatic heterocycles. The number of hydrogen-bond donors (Lipinski definition) is 2. The van der Waals surface area contributed by atoms with Gasteiger partial charge in [0, 0.05) is 26.2 Å². The summed E-state index contributed by atoms with van der Waals surface area (Å²) in [6.45, 7) is 2.50. The van der Waals surface area contributed by atoms with E-state index in [1.54, 1.807) is 7.05 Å². The molecule has 0 spiro atoms. The second kappa shape index (κ2) is 9.46. The van der Waals surface area contributed by atoms with Crippen molar-refractivity contribution in [3.63, 3.8) is 0 Å². The lowest BCUT2D eigenvalue weighted by molar-refractivity contribution is -0.0494. The van der Waals surface area contributed by atoms with E-state index in [1.807, 2.05) is 31.2 Å². The van der Waals surface area contributed by atoms with Crippen molar-refractivity contribution >= 4 is 16.0 Å². The van der Waals surface area contributed by atoms with E-state index >= 15 is 0 Å². The fourth-order valence-corrected chi connectivity index (χ4v) is 3.73. The maximum Gasteiger partial charge on any atom is 0.511 e. The van der Waals surface area contributed by atoms with Crippen LogP contribution in [0.15, 0.2) is 29.3 Å². The molecule has 2 rings (SSSR count). The number of piperidine rings is 1. The molecule has 0 aliphatic carbocycles. The number of benzene rings is 1. The lowest BCUT2D eigenvalue weighted by Crippen LogP contribution is -2.52. The SMILES string of the molecule is CN=C(NCCOc1ccc(C)cc1)NC1CCN(S(=O)(=O)C(F)(F)F)CC1. The molecule has 2 N–H and O–H groups in total. The molecule has 11 heteroatoms. The molecular formula is C17H25F3N4O3S. The number of nitrogens with one attached hydrogen (secondary N) is 2. The Hall–Kier alpha value is -2.01. The number of ether oxygens (including phenoxy) is 1. The van der Waals surface area contributed by atoms with Crippen LogP contribution in [-0.2, 0) is 10.0 Å². The highest BCUT2D eigenvalue weighted by atomic mass is 32.2. The largest absolute Gasteiger partial charge is 0.511 e. The predicted octanol–water partition coefficient (Wildman–Crippen LogP) is 1.85. The fraction of sp³-hybridized carbons (Fsp3) is 0.588. The molecule has 158 valence electrons. The molecule has 0 atom stereocenters. The molecule has 0 saturated carbocycles. The van der Waals surface area contributed by atoms with Crippen LogP contribution in [0.1, 0.15) is 18.4 Å². The van der Waals surface area contributed by atoms with Crippen LogP contribution in [0.4, 0.5) is 13.2 Å². The van der Waals surface area contributed by atoms with Gasteiger partial charge in [0.1, 0.15) is 12.4 Å². The molecule has 0 radical (unpaired) electrons. The first kappa shape index (κ1) is 22.3. The fourth-order valence-electron chi connectivity index (χ4n) is 2.75. The van der Waals surface area contributed by atoms with Crippen molar-refractivity contribution in [2.75, 3.05) is 33.3 Å². The number of aryl methyl sites for hydroxylation is 1. The zero-order valence-electron chi connectivity index (χ0n) is 15.8. The normalized spacial score (nSPS) is 17.4. The van der Waals surface area contributed by atoms with E-state index in [9.17, 15) is 21.6 Å². The quantitative estimate of drug-likeness (QED) is 0.415. The maximum atomic E-state index is 12.6. The maximum absolute atomic E-state index is 12.6. The van der Waals surface area contributed by atoms with Crippen LogP contribution in [0.2, 0.25) is 0 Å². The molecule has 0 amide bonds. The van der Waals surface area contributed by atoms with E-state index in [4.69, 9.17) is 4.74 Å². The van der Waals surface area contributed by atoms with Crippen molar-refractivity contribution in [2.24, 2.45) is 4.99 Å². The summed E-state index contributed by atoms with van der Waals surface area (Å²) in [6.07, 6.45) is 0.520. The summed E-state index contributed by atoms with van der Waals surface area (Å²) in [4.78, 5) is 4.07. The Morgan fingerprint density at radius 2 is 1.86 bits per heavy atom. The van der Waals surface area contributed by atoms with Gasteiger partial charge in [0.25, 0.3) is 0 Å². The van der Waals surface area contributed by atoms with E-state index < -0.39 is 15.5 Å². The third-order valence-electron chi connectivity index (χ3n) is 4.34. The Labute approximate surface area is 163 Å². The van der Waals surface area contributed by atoms with Gasteiger partial charge in [0.05, 0.1) is 6.54 Å². The van der Waals surface area contributed by atoms with E-state index in [-0.39, 0.29) is 32.0 Å². The minimum atomic E-state index is -5.26. The van der Waals surface area contributed by atoms with Gasteiger partial charge in [-0.05, 0) is 31.9 Å². The number of nitrogens with zero attached hydrogens (tertiary/aromatic N) is 2. The highest BCUT2D eigenvalue weighted by molar-refractivity contribution is 7.90. The first-order valence-corrected chi connectivity index (χ1v) is 10.3. The van der Waals surface area contributed by atoms with Gasteiger partial charge in [-0.15, -0.1) is 0 Å². The molecule has 1 fully saturated rings. The van der Waals surface area contributed by atoms with Crippen LogP contribution in [0.5, 0.6) is 5.75 Å². The van der Waals surface area contributed by atoms with Crippen LogP contribution in [-0.4, -0.2) is 63.5 Å². The van der Waals surface area contributed by atoms with E-state index in [1.165, 1.54) is 0 Å². The summed E-state index contributed by atoms with van der Waals surface area (Å²) in [7, 11) is -3.68. The van der Waals surface area contributed by atoms with Gasteiger partial charge in [-0.25, -0.2) is 8.42 Å². The average Bonchev–Trinajstić information content (AvgIpc) is 2.65. The van der Waals surface area contributed by atoms with Crippen LogP contribution in [0.3, 0.4) is 0 Å². The second-order valence-corrected chi connectivity index (χ2v) is 8.36. The molecule has 28 heavy (non-hydrogen) atoms. The van der Waals surface area contributed by atoms with Crippen LogP contribution in [0.25, 0.3) is 0 Å². The van der Waals surface area contributed by atoms with Crippen LogP contribution < -0.4 is 15.4 Å². The zero-order valence-corrected chi connectivity index (χ0v) is 16.6. The number of hydrogen-bond acceptors (Lipinski definition) is 4. The molecule has 1 aromatic carbocycles. The second-order valence-electron chi connectivity index (χ2n) is 6.43. The highest BCUT2D eigenvalue weighted by Gasteiger charge is 2.50. The standard InChI is InChI=1S/C17H25F3N4O3S/c1-13-3-5-15(6-4-13)27-12-9-22-16(21-2)23-14-7-10-24(11-8-14)28(25,26)17(18,19)20/h3-6,14H,7-12H2,1-2H3,(H2,21,22,23). The first-order valence-electron chi connectivity index (χ1n) is 8.86. The lowest BCUT2D eigenvalue weighted by atomic mass is 10.1. The third kappa shape index (κ3) is 5.99. The number of guanidine groups is 1. The van der Waals surface area contributed by atoms with Crippen molar-refractivity contribution in [3.8, 4) is 5.75 Å². The summed E-state index contributed by atoms with van der Waals surface area (Å²) in [6, 6.07) is 7.50. The molecule has 0 aromatic heterocycles. The third-order valence-corrected chi connectivity index (χ3v) is 5.96. The molecule has 0 bridgehead atoms. The molecule has 0 unspecified atom stereocenters. The summed E-state index contributed by atoms with van der Waals surface area (Å²) >= 11 is 0. The highest BCUT2D eigenvalue weighted by Crippen LogP contribution is 2.28. The van der Waals surface area contributed by atoms with Crippen molar-refractivity contribution in [1.82, 2.24) is 14.9 Å². The summed E-state index contributed by atoms with van der Waals surface area (Å²) < 4.78 is 66.8. The van der Waals surface area contributed by atoms with Crippen LogP contribution >= 0.6 is 0 Å². The average molecular weight is 422 g/mol. The Morgan fingerprint density at radius 1 is 1.25 bits per heavy atom. The van der Waals surface area contributed by atoms with Crippen molar-refractivity contribution in [1.29, 1.82) is 0 Å². The van der Waals surface area contributed by atoms with Crippen molar-refractivity contribution < 1.29 is 26.3 Å². The summed E-state index contributed by atoms with van der Waals surface area (Å²) in [5.74, 6) is 1.25. The number of alkyl halides is 3. The van der Waals surface area contributed by atoms with Gasteiger partial charge in [-0.2, -0.15) is 17.5 Å². The predicted molar refractivity (Wildman–Crippen MR) is 101 cm³/mol. The van der Waals surface area contributed by atoms with E-state index in [2.05, 4.69) is 15.6 Å². The van der Waals surface area contributed by atoms with Gasteiger partial charge < -0.3 is 15.4 Å². The Kier molecular flexibility index (Phi) is 7.53. The smallest absolute Gasteiger partial charge is 0.492 e. The summed E-state index contributed by atoms with van der Waals surface area (Å²) in [5.41, 5.74) is -4.12. The molecule has 1 aliphatic rings. The van der Waals surface area contributed by atoms with Gasteiger partial charge in [0.2, 0.25) is 0 Å². The van der Waals surface area contributed by atoms with E-state index in [0.29, 0.717) is 23.4 Å². The van der Waals surface area contributed by atoms with E-state index in [0.717, 1.165) is 11.3 Å². The Balaban J connectivity index is 1.73. The van der Waals surface area contributed by atoms with Gasteiger partial charge in [-0.3, -0.25) is 4.99 Å². The minimum Gasteiger partial charge on any atom is -0.492 e. The molecule has 7 nitrogen and oxygen atoms in total. The van der Waals surface area contributed by atoms with Gasteiger partial charge in [-0.1, -0.05) is 17.7 Å². The van der Waals surface area contributed by atoms with Crippen molar-refractivity contribution in [2.45, 2.75) is 31.3 Å². The Morgan fingerprint density at radius 3 is 2.39 bits per heavy atom. The first-order chi connectivity index (χ1) is 13.1. The van der Waals surface area contributed by atoms with Crippen molar-refractivity contribution in [3.05, 3.63) is 29.8 Å².